The normalized spacial score (nSPS) is 25.7. The van der Waals surface area contributed by atoms with E-state index in [-0.39, 0.29) is 6.54 Å². The summed E-state index contributed by atoms with van der Waals surface area (Å²) in [7, 11) is -4.73. The van der Waals surface area contributed by atoms with Crippen LogP contribution in [0.4, 0.5) is 4.79 Å². The van der Waals surface area contributed by atoms with Crippen molar-refractivity contribution in [2.24, 2.45) is 0 Å². The number of carbonyl (C=O) groups excluding carboxylic acids is 1. The second-order valence-corrected chi connectivity index (χ2v) is 5.90. The zero-order valence-electron chi connectivity index (χ0n) is 11.2. The molecule has 2 aliphatic heterocycles. The van der Waals surface area contributed by atoms with Crippen LogP contribution >= 0.6 is 0 Å². The van der Waals surface area contributed by atoms with Crippen molar-refractivity contribution in [2.75, 3.05) is 6.54 Å². The topological polar surface area (TPSA) is 126 Å². The molecule has 2 saturated heterocycles. The highest BCUT2D eigenvalue weighted by atomic mass is 32.3. The molecule has 1 aromatic heterocycles. The molecule has 2 amide bonds. The van der Waals surface area contributed by atoms with E-state index in [0.717, 1.165) is 0 Å². The maximum atomic E-state index is 12.2. The van der Waals surface area contributed by atoms with Gasteiger partial charge in [0.1, 0.15) is 6.04 Å². The lowest BCUT2D eigenvalue weighted by Gasteiger charge is -2.27. The summed E-state index contributed by atoms with van der Waals surface area (Å²) in [5.41, 5.74) is 0. The average Bonchev–Trinajstić information content (AvgIpc) is 2.98. The summed E-state index contributed by atoms with van der Waals surface area (Å²) in [5, 5.41) is 8.47. The molecule has 0 radical (unpaired) electrons. The predicted octanol–water partition coefficient (Wildman–Crippen LogP) is 0.308. The maximum absolute atomic E-state index is 12.2. The highest BCUT2D eigenvalue weighted by Gasteiger charge is 2.49. The van der Waals surface area contributed by atoms with Gasteiger partial charge in [0.15, 0.2) is 0 Å². The van der Waals surface area contributed by atoms with Gasteiger partial charge in [0.25, 0.3) is 0 Å². The van der Waals surface area contributed by atoms with E-state index in [2.05, 4.69) is 14.5 Å². The Kier molecular flexibility index (Phi) is 3.34. The fourth-order valence-corrected chi connectivity index (χ4v) is 3.02. The van der Waals surface area contributed by atoms with E-state index >= 15 is 0 Å². The van der Waals surface area contributed by atoms with Crippen LogP contribution < -0.4 is 0 Å². The summed E-state index contributed by atoms with van der Waals surface area (Å²) in [6.45, 7) is 2.15. The highest BCUT2D eigenvalue weighted by molar-refractivity contribution is 7.80. The molecule has 1 N–H and O–H groups in total. The van der Waals surface area contributed by atoms with E-state index < -0.39 is 28.5 Å². The van der Waals surface area contributed by atoms with E-state index in [4.69, 9.17) is 8.97 Å². The van der Waals surface area contributed by atoms with E-state index in [1.165, 1.54) is 4.90 Å². The number of amides is 2. The largest absolute Gasteiger partial charge is 0.423 e. The van der Waals surface area contributed by atoms with Crippen LogP contribution in [-0.4, -0.2) is 51.7 Å². The second-order valence-electron chi connectivity index (χ2n) is 4.90. The van der Waals surface area contributed by atoms with Crippen LogP contribution in [0.1, 0.15) is 37.6 Å². The fraction of sp³-hybridized carbons (Fsp3) is 0.700. The van der Waals surface area contributed by atoms with Crippen LogP contribution in [0.25, 0.3) is 0 Å². The van der Waals surface area contributed by atoms with Gasteiger partial charge in [0.2, 0.25) is 11.8 Å². The molecule has 2 fully saturated rings. The first kappa shape index (κ1) is 14.2. The summed E-state index contributed by atoms with van der Waals surface area (Å²) in [5.74, 6) is 0.803. The summed E-state index contributed by atoms with van der Waals surface area (Å²) < 4.78 is 40.1. The quantitative estimate of drug-likeness (QED) is 0.786. The van der Waals surface area contributed by atoms with E-state index in [1.807, 2.05) is 6.92 Å². The smallest absolute Gasteiger partial charge is 0.418 e. The monoisotopic (exact) mass is 318 g/mol. The van der Waals surface area contributed by atoms with Crippen LogP contribution in [0.2, 0.25) is 0 Å². The number of urea groups is 1. The first-order valence-electron chi connectivity index (χ1n) is 6.48. The lowest BCUT2D eigenvalue weighted by atomic mass is 10.0. The van der Waals surface area contributed by atoms with Gasteiger partial charge in [-0.2, -0.15) is 13.5 Å². The second kappa shape index (κ2) is 4.93. The van der Waals surface area contributed by atoms with Crippen molar-refractivity contribution in [1.82, 2.24) is 20.2 Å². The maximum Gasteiger partial charge on any atom is 0.418 e. The number of hydroxylamine groups is 2. The van der Waals surface area contributed by atoms with E-state index in [0.29, 0.717) is 36.1 Å². The number of hydrogen-bond donors (Lipinski definition) is 1. The molecule has 10 nitrogen and oxygen atoms in total. The van der Waals surface area contributed by atoms with Gasteiger partial charge in [-0.25, -0.2) is 4.79 Å². The number of aromatic nitrogens is 2. The molecule has 0 spiro atoms. The molecule has 3 rings (SSSR count). The number of fused-ring (bicyclic) bond motifs is 2. The number of carbonyl (C=O) groups is 1. The highest BCUT2D eigenvalue weighted by Crippen LogP contribution is 2.38. The number of piperidine rings is 1. The Balaban J connectivity index is 1.82. The van der Waals surface area contributed by atoms with Crippen molar-refractivity contribution in [1.29, 1.82) is 0 Å². The summed E-state index contributed by atoms with van der Waals surface area (Å²) in [6, 6.07) is -1.47. The molecule has 2 bridgehead atoms. The van der Waals surface area contributed by atoms with Gasteiger partial charge in [-0.1, -0.05) is 6.92 Å². The molecule has 116 valence electrons. The fourth-order valence-electron chi connectivity index (χ4n) is 2.63. The number of rotatable bonds is 4. The standard InChI is InChI=1S/C10H14N4O6S/c1-2-8-11-12-9(19-8)7-4-3-6-5-13(7)10(15)14(6)20-21(16,17)18/h6-7H,2-5H2,1H3,(H,16,17,18)/t6-,7-/m0/s1. The molecule has 0 aliphatic carbocycles. The first-order chi connectivity index (χ1) is 9.89. The minimum atomic E-state index is -4.73. The molecule has 21 heavy (non-hydrogen) atoms. The molecule has 0 unspecified atom stereocenters. The van der Waals surface area contributed by atoms with Crippen LogP contribution in [-0.2, 0) is 21.1 Å². The van der Waals surface area contributed by atoms with Crippen LogP contribution in [0.3, 0.4) is 0 Å². The minimum Gasteiger partial charge on any atom is -0.423 e. The van der Waals surface area contributed by atoms with Crippen molar-refractivity contribution in [2.45, 2.75) is 38.3 Å². The molecule has 0 aromatic carbocycles. The predicted molar refractivity (Wildman–Crippen MR) is 66.0 cm³/mol. The van der Waals surface area contributed by atoms with E-state index in [9.17, 15) is 13.2 Å². The Morgan fingerprint density at radius 1 is 1.43 bits per heavy atom. The zero-order chi connectivity index (χ0) is 15.2. The van der Waals surface area contributed by atoms with Crippen LogP contribution in [0.5, 0.6) is 0 Å². The SMILES string of the molecule is CCc1nnc([C@@H]2CC[C@H]3CN2C(=O)N3OS(=O)(=O)O)o1. The minimum absolute atomic E-state index is 0.281. The van der Waals surface area contributed by atoms with Crippen molar-refractivity contribution < 1.29 is 26.5 Å². The Morgan fingerprint density at radius 2 is 2.19 bits per heavy atom. The first-order valence-corrected chi connectivity index (χ1v) is 7.84. The Bertz CT molecular complexity index is 658. The van der Waals surface area contributed by atoms with Gasteiger partial charge in [-0.05, 0) is 12.8 Å². The van der Waals surface area contributed by atoms with Crippen molar-refractivity contribution in [3.05, 3.63) is 11.8 Å². The van der Waals surface area contributed by atoms with Gasteiger partial charge < -0.3 is 9.32 Å². The van der Waals surface area contributed by atoms with Gasteiger partial charge >= 0.3 is 16.4 Å². The molecule has 0 saturated carbocycles. The summed E-state index contributed by atoms with van der Waals surface area (Å²) in [6.07, 6.45) is 1.65. The molecule has 2 aliphatic rings. The van der Waals surface area contributed by atoms with Crippen molar-refractivity contribution >= 4 is 16.4 Å². The molecular formula is C10H14N4O6S. The number of nitrogens with zero attached hydrogens (tertiary/aromatic N) is 4. The van der Waals surface area contributed by atoms with Crippen molar-refractivity contribution in [3.63, 3.8) is 0 Å². The molecule has 2 atom stereocenters. The third-order valence-corrected chi connectivity index (χ3v) is 3.92. The van der Waals surface area contributed by atoms with Gasteiger partial charge in [0, 0.05) is 13.0 Å². The van der Waals surface area contributed by atoms with Crippen LogP contribution in [0.15, 0.2) is 4.42 Å². The average molecular weight is 318 g/mol. The van der Waals surface area contributed by atoms with Gasteiger partial charge in [-0.15, -0.1) is 14.5 Å². The van der Waals surface area contributed by atoms with Crippen molar-refractivity contribution in [3.8, 4) is 0 Å². The van der Waals surface area contributed by atoms with Crippen LogP contribution in [0, 0.1) is 0 Å². The van der Waals surface area contributed by atoms with Gasteiger partial charge in [0.05, 0.1) is 6.04 Å². The third-order valence-electron chi connectivity index (χ3n) is 3.57. The zero-order valence-corrected chi connectivity index (χ0v) is 12.0. The molecule has 1 aromatic rings. The lowest BCUT2D eigenvalue weighted by Crippen LogP contribution is -2.35. The molecular weight excluding hydrogens is 304 g/mol. The molecule has 11 heteroatoms. The summed E-state index contributed by atoms with van der Waals surface area (Å²) in [4.78, 5) is 13.6. The Morgan fingerprint density at radius 3 is 2.81 bits per heavy atom. The third kappa shape index (κ3) is 2.59. The van der Waals surface area contributed by atoms with Gasteiger partial charge in [-0.3, -0.25) is 4.55 Å². The Hall–Kier alpha value is -1.72. The lowest BCUT2D eigenvalue weighted by molar-refractivity contribution is -0.0317. The Labute approximate surface area is 120 Å². The van der Waals surface area contributed by atoms with E-state index in [1.54, 1.807) is 0 Å². The summed E-state index contributed by atoms with van der Waals surface area (Å²) >= 11 is 0. The number of aryl methyl sites for hydroxylation is 1. The number of hydrogen-bond acceptors (Lipinski definition) is 7. The molecule has 3 heterocycles.